The van der Waals surface area contributed by atoms with Crippen molar-refractivity contribution in [2.45, 2.75) is 0 Å². The van der Waals surface area contributed by atoms with Crippen LogP contribution in [0.3, 0.4) is 0 Å². The Balaban J connectivity index is 2.15. The van der Waals surface area contributed by atoms with E-state index in [1.165, 1.54) is 0 Å². The second-order valence-corrected chi connectivity index (χ2v) is 4.46. The molecule has 6 heteroatoms. The maximum atomic E-state index is 6.01. The molecule has 1 aromatic heterocycles. The maximum Gasteiger partial charge on any atom is 0.187 e. The molecule has 2 N–H and O–H groups in total. The van der Waals surface area contributed by atoms with E-state index in [1.54, 1.807) is 22.9 Å². The Morgan fingerprint density at radius 3 is 2.58 bits per heavy atom. The van der Waals surface area contributed by atoms with Crippen LogP contribution >= 0.6 is 11.6 Å². The number of nitrogens with zero attached hydrogens (tertiary/aromatic N) is 4. The first-order valence-electron chi connectivity index (χ1n) is 5.64. The number of benzene rings is 2. The lowest BCUT2D eigenvalue weighted by Crippen LogP contribution is -1.99. The number of tetrazole rings is 1. The van der Waals surface area contributed by atoms with E-state index in [2.05, 4.69) is 15.5 Å². The average Bonchev–Trinajstić information content (AvgIpc) is 2.88. The van der Waals surface area contributed by atoms with E-state index in [-0.39, 0.29) is 0 Å². The monoisotopic (exact) mass is 271 g/mol. The molecule has 3 rings (SSSR count). The molecule has 5 nitrogen and oxygen atoms in total. The minimum atomic E-state index is 0.553. The molecule has 0 atom stereocenters. The lowest BCUT2D eigenvalue weighted by molar-refractivity contribution is 0.791. The van der Waals surface area contributed by atoms with E-state index in [1.807, 2.05) is 30.3 Å². The van der Waals surface area contributed by atoms with Crippen LogP contribution in [0.4, 0.5) is 5.69 Å². The van der Waals surface area contributed by atoms with Crippen molar-refractivity contribution < 1.29 is 0 Å². The smallest absolute Gasteiger partial charge is 0.187 e. The molecule has 0 radical (unpaired) electrons. The number of hydrogen-bond donors (Lipinski definition) is 1. The number of nitrogens with two attached hydrogens (primary N) is 1. The summed E-state index contributed by atoms with van der Waals surface area (Å²) in [6.45, 7) is 0. The first-order chi connectivity index (χ1) is 9.24. The topological polar surface area (TPSA) is 69.6 Å². The van der Waals surface area contributed by atoms with Crippen molar-refractivity contribution in [2.24, 2.45) is 0 Å². The molecule has 3 aromatic rings. The molecule has 0 bridgehead atoms. The van der Waals surface area contributed by atoms with Crippen LogP contribution in [-0.4, -0.2) is 20.2 Å². The van der Waals surface area contributed by atoms with Gasteiger partial charge in [-0.3, -0.25) is 0 Å². The number of anilines is 1. The van der Waals surface area contributed by atoms with Crippen LogP contribution < -0.4 is 5.73 Å². The molecule has 19 heavy (non-hydrogen) atoms. The third-order valence-corrected chi connectivity index (χ3v) is 2.87. The van der Waals surface area contributed by atoms with Gasteiger partial charge in [0.2, 0.25) is 0 Å². The maximum absolute atomic E-state index is 6.01. The second-order valence-electron chi connectivity index (χ2n) is 4.02. The zero-order valence-electron chi connectivity index (χ0n) is 9.86. The molecule has 0 aliphatic heterocycles. The summed E-state index contributed by atoms with van der Waals surface area (Å²) in [5.41, 5.74) is 8.02. The van der Waals surface area contributed by atoms with Crippen LogP contribution in [-0.2, 0) is 0 Å². The molecule has 0 fully saturated rings. The van der Waals surface area contributed by atoms with Crippen molar-refractivity contribution in [1.29, 1.82) is 0 Å². The normalized spacial score (nSPS) is 10.6. The van der Waals surface area contributed by atoms with Gasteiger partial charge in [-0.1, -0.05) is 29.8 Å². The molecule has 0 amide bonds. The van der Waals surface area contributed by atoms with Gasteiger partial charge in [0.05, 0.1) is 5.69 Å². The van der Waals surface area contributed by atoms with Crippen LogP contribution in [0.5, 0.6) is 0 Å². The molecular formula is C13H10ClN5. The molecular weight excluding hydrogens is 262 g/mol. The van der Waals surface area contributed by atoms with E-state index in [0.29, 0.717) is 16.5 Å². The summed E-state index contributed by atoms with van der Waals surface area (Å²) in [6.07, 6.45) is 0. The van der Waals surface area contributed by atoms with Gasteiger partial charge in [-0.25, -0.2) is 0 Å². The molecule has 0 aliphatic rings. The SMILES string of the molecule is Nc1cc(Cl)cc(-c2nnnn2-c2ccccc2)c1. The highest BCUT2D eigenvalue weighted by atomic mass is 35.5. The number of rotatable bonds is 2. The highest BCUT2D eigenvalue weighted by Gasteiger charge is 2.11. The Morgan fingerprint density at radius 1 is 1.05 bits per heavy atom. The highest BCUT2D eigenvalue weighted by Crippen LogP contribution is 2.25. The van der Waals surface area contributed by atoms with E-state index >= 15 is 0 Å². The van der Waals surface area contributed by atoms with Crippen LogP contribution in [0, 0.1) is 0 Å². The van der Waals surface area contributed by atoms with Crippen LogP contribution in [0.2, 0.25) is 5.02 Å². The van der Waals surface area contributed by atoms with E-state index < -0.39 is 0 Å². The van der Waals surface area contributed by atoms with Gasteiger partial charge in [-0.15, -0.1) is 5.10 Å². The largest absolute Gasteiger partial charge is 0.399 e. The number of halogens is 1. The van der Waals surface area contributed by atoms with Crippen molar-refractivity contribution in [3.63, 3.8) is 0 Å². The molecule has 2 aromatic carbocycles. The summed E-state index contributed by atoms with van der Waals surface area (Å²) in [5.74, 6) is 0.598. The molecule has 1 heterocycles. The zero-order chi connectivity index (χ0) is 13.2. The fourth-order valence-corrected chi connectivity index (χ4v) is 2.10. The van der Waals surface area contributed by atoms with Gasteiger partial charge in [0, 0.05) is 16.3 Å². The Kier molecular flexibility index (Phi) is 2.89. The van der Waals surface area contributed by atoms with Crippen LogP contribution in [0.15, 0.2) is 48.5 Å². The third-order valence-electron chi connectivity index (χ3n) is 2.65. The van der Waals surface area contributed by atoms with Crippen LogP contribution in [0.1, 0.15) is 0 Å². The summed E-state index contributed by atoms with van der Waals surface area (Å²) >= 11 is 6.01. The average molecular weight is 272 g/mol. The summed E-state index contributed by atoms with van der Waals surface area (Å²) < 4.78 is 1.64. The number of nitrogen functional groups attached to an aromatic ring is 1. The van der Waals surface area contributed by atoms with Crippen molar-refractivity contribution >= 4 is 17.3 Å². The summed E-state index contributed by atoms with van der Waals surface area (Å²) in [4.78, 5) is 0. The van der Waals surface area contributed by atoms with Gasteiger partial charge < -0.3 is 5.73 Å². The van der Waals surface area contributed by atoms with Gasteiger partial charge in [-0.05, 0) is 40.8 Å². The van der Waals surface area contributed by atoms with Gasteiger partial charge in [0.1, 0.15) is 0 Å². The number of aromatic nitrogens is 4. The fraction of sp³-hybridized carbons (Fsp3) is 0. The predicted molar refractivity (Wildman–Crippen MR) is 74.0 cm³/mol. The van der Waals surface area contributed by atoms with E-state index in [0.717, 1.165) is 11.3 Å². The minimum absolute atomic E-state index is 0.553. The van der Waals surface area contributed by atoms with Gasteiger partial charge in [0.15, 0.2) is 5.82 Å². The molecule has 0 saturated heterocycles. The second kappa shape index (κ2) is 4.70. The fourth-order valence-electron chi connectivity index (χ4n) is 1.85. The van der Waals surface area contributed by atoms with Crippen molar-refractivity contribution in [2.75, 3.05) is 5.73 Å². The molecule has 94 valence electrons. The van der Waals surface area contributed by atoms with E-state index in [4.69, 9.17) is 17.3 Å². The first-order valence-corrected chi connectivity index (χ1v) is 6.02. The highest BCUT2D eigenvalue weighted by molar-refractivity contribution is 6.31. The quantitative estimate of drug-likeness (QED) is 0.727. The standard InChI is InChI=1S/C13H10ClN5/c14-10-6-9(7-11(15)8-10)13-16-17-18-19(13)12-4-2-1-3-5-12/h1-8H,15H2. The van der Waals surface area contributed by atoms with Gasteiger partial charge in [0.25, 0.3) is 0 Å². The minimum Gasteiger partial charge on any atom is -0.399 e. The van der Waals surface area contributed by atoms with E-state index in [9.17, 15) is 0 Å². The van der Waals surface area contributed by atoms with Gasteiger partial charge in [-0.2, -0.15) is 4.68 Å². The Morgan fingerprint density at radius 2 is 1.84 bits per heavy atom. The molecule has 0 aliphatic carbocycles. The number of hydrogen-bond acceptors (Lipinski definition) is 4. The van der Waals surface area contributed by atoms with Crippen LogP contribution in [0.25, 0.3) is 17.1 Å². The molecule has 0 spiro atoms. The first kappa shape index (κ1) is 11.7. The Bertz CT molecular complexity index is 688. The summed E-state index contributed by atoms with van der Waals surface area (Å²) in [6, 6.07) is 14.9. The van der Waals surface area contributed by atoms with Crippen molar-refractivity contribution in [3.8, 4) is 17.1 Å². The zero-order valence-corrected chi connectivity index (χ0v) is 10.6. The predicted octanol–water partition coefficient (Wildman–Crippen LogP) is 2.56. The summed E-state index contributed by atoms with van der Waals surface area (Å²) in [5, 5.41) is 12.3. The third kappa shape index (κ3) is 2.28. The van der Waals surface area contributed by atoms with Crippen molar-refractivity contribution in [1.82, 2.24) is 20.2 Å². The molecule has 0 saturated carbocycles. The Hall–Kier alpha value is -2.40. The number of para-hydroxylation sites is 1. The summed E-state index contributed by atoms with van der Waals surface area (Å²) in [7, 11) is 0. The Labute approximate surface area is 114 Å². The van der Waals surface area contributed by atoms with Gasteiger partial charge >= 0.3 is 0 Å². The van der Waals surface area contributed by atoms with Crippen molar-refractivity contribution in [3.05, 3.63) is 53.6 Å². The lowest BCUT2D eigenvalue weighted by Gasteiger charge is -2.05. The lowest BCUT2D eigenvalue weighted by atomic mass is 10.2. The molecule has 0 unspecified atom stereocenters.